The summed E-state index contributed by atoms with van der Waals surface area (Å²) in [7, 11) is 0. The summed E-state index contributed by atoms with van der Waals surface area (Å²) in [5.74, 6) is -2.03. The van der Waals surface area contributed by atoms with Crippen LogP contribution in [0.3, 0.4) is 0 Å². The number of anilines is 2. The summed E-state index contributed by atoms with van der Waals surface area (Å²) in [5.41, 5.74) is 0.0363. The number of amides is 3. The normalized spacial score (nSPS) is 13.5. The largest absolute Gasteiger partial charge is 0.453 e. The van der Waals surface area contributed by atoms with Crippen LogP contribution in [0.4, 0.5) is 15.8 Å². The molecule has 5 rings (SSSR count). The topological polar surface area (TPSA) is 133 Å². The van der Waals surface area contributed by atoms with E-state index in [0.29, 0.717) is 26.5 Å². The second-order valence-corrected chi connectivity index (χ2v) is 12.0. The van der Waals surface area contributed by atoms with Crippen LogP contribution >= 0.6 is 11.3 Å². The molecule has 2 aromatic carbocycles. The molecule has 0 spiro atoms. The average molecular weight is 618 g/mol. The number of nitrogens with one attached hydrogen (secondary N) is 3. The number of ether oxygens (including phenoxy) is 1. The van der Waals surface area contributed by atoms with Gasteiger partial charge >= 0.3 is 0 Å². The number of hydrogen-bond acceptors (Lipinski definition) is 8. The zero-order chi connectivity index (χ0) is 31.4. The number of hydrogen-bond donors (Lipinski definition) is 4. The van der Waals surface area contributed by atoms with Gasteiger partial charge in [0.1, 0.15) is 11.3 Å². The Labute approximate surface area is 257 Å². The molecule has 3 amide bonds. The number of benzene rings is 2. The van der Waals surface area contributed by atoms with Crippen LogP contribution in [-0.4, -0.2) is 57.9 Å². The SMILES string of the molecule is C/C(NCC(C)(C)O)=C(/C(=O)Nc1ccccc1)C(=O)Nc1ccc(Oc2ccnc3cc(C(=O)N4CCC4)sc23)c(F)c1. The van der Waals surface area contributed by atoms with Gasteiger partial charge in [0.05, 0.1) is 20.7 Å². The third-order valence-electron chi connectivity index (χ3n) is 6.79. The quantitative estimate of drug-likeness (QED) is 0.108. The zero-order valence-corrected chi connectivity index (χ0v) is 25.3. The number of nitrogens with zero attached hydrogens (tertiary/aromatic N) is 2. The van der Waals surface area contributed by atoms with E-state index in [2.05, 4.69) is 20.9 Å². The summed E-state index contributed by atoms with van der Waals surface area (Å²) in [6, 6.07) is 15.8. The number of aliphatic hydroxyl groups is 1. The van der Waals surface area contributed by atoms with Crippen LogP contribution in [0.5, 0.6) is 11.5 Å². The minimum Gasteiger partial charge on any atom is -0.453 e. The molecule has 4 N–H and O–H groups in total. The first-order chi connectivity index (χ1) is 21.0. The van der Waals surface area contributed by atoms with E-state index in [1.165, 1.54) is 29.7 Å². The van der Waals surface area contributed by atoms with Crippen LogP contribution in [-0.2, 0) is 9.59 Å². The number of allylic oxidation sites excluding steroid dienone is 1. The maximum atomic E-state index is 15.3. The highest BCUT2D eigenvalue weighted by Gasteiger charge is 2.26. The lowest BCUT2D eigenvalue weighted by Gasteiger charge is -2.30. The van der Waals surface area contributed by atoms with E-state index < -0.39 is 23.2 Å². The second kappa shape index (κ2) is 12.8. The van der Waals surface area contributed by atoms with E-state index in [0.717, 1.165) is 25.6 Å². The molecule has 0 saturated carbocycles. The molecular weight excluding hydrogens is 585 g/mol. The van der Waals surface area contributed by atoms with Crippen molar-refractivity contribution in [3.05, 3.63) is 88.8 Å². The predicted molar refractivity (Wildman–Crippen MR) is 167 cm³/mol. The lowest BCUT2D eigenvalue weighted by molar-refractivity contribution is -0.118. The molecule has 10 nitrogen and oxygen atoms in total. The van der Waals surface area contributed by atoms with Crippen molar-refractivity contribution in [3.8, 4) is 11.5 Å². The van der Waals surface area contributed by atoms with Crippen LogP contribution in [0.1, 0.15) is 36.9 Å². The van der Waals surface area contributed by atoms with E-state index >= 15 is 4.39 Å². The maximum absolute atomic E-state index is 15.3. The lowest BCUT2D eigenvalue weighted by atomic mass is 10.1. The van der Waals surface area contributed by atoms with Gasteiger partial charge in [-0.15, -0.1) is 11.3 Å². The molecule has 4 aromatic rings. The Morgan fingerprint density at radius 2 is 1.70 bits per heavy atom. The van der Waals surface area contributed by atoms with Gasteiger partial charge in [0.15, 0.2) is 11.6 Å². The fourth-order valence-electron chi connectivity index (χ4n) is 4.35. The van der Waals surface area contributed by atoms with Gasteiger partial charge in [-0.25, -0.2) is 4.39 Å². The van der Waals surface area contributed by atoms with Crippen LogP contribution < -0.4 is 20.7 Å². The summed E-state index contributed by atoms with van der Waals surface area (Å²) >= 11 is 1.24. The molecule has 2 aromatic heterocycles. The third-order valence-corrected chi connectivity index (χ3v) is 7.91. The van der Waals surface area contributed by atoms with E-state index in [-0.39, 0.29) is 35.2 Å². The first-order valence-electron chi connectivity index (χ1n) is 14.0. The van der Waals surface area contributed by atoms with Crippen molar-refractivity contribution < 1.29 is 28.6 Å². The van der Waals surface area contributed by atoms with Gasteiger partial charge in [-0.05, 0) is 57.5 Å². The molecule has 44 heavy (non-hydrogen) atoms. The minimum atomic E-state index is -1.10. The van der Waals surface area contributed by atoms with Gasteiger partial charge in [-0.2, -0.15) is 0 Å². The third kappa shape index (κ3) is 7.21. The monoisotopic (exact) mass is 617 g/mol. The molecule has 1 fully saturated rings. The van der Waals surface area contributed by atoms with Gasteiger partial charge in [-0.3, -0.25) is 19.4 Å². The van der Waals surface area contributed by atoms with Crippen LogP contribution in [0, 0.1) is 5.82 Å². The molecule has 0 aliphatic carbocycles. The molecule has 0 bridgehead atoms. The molecule has 228 valence electrons. The highest BCUT2D eigenvalue weighted by atomic mass is 32.1. The number of fused-ring (bicyclic) bond motifs is 1. The highest BCUT2D eigenvalue weighted by molar-refractivity contribution is 7.21. The van der Waals surface area contributed by atoms with Gasteiger partial charge in [0.25, 0.3) is 17.7 Å². The summed E-state index contributed by atoms with van der Waals surface area (Å²) in [6.07, 6.45) is 2.51. The number of para-hydroxylation sites is 1. The van der Waals surface area contributed by atoms with Crippen LogP contribution in [0.2, 0.25) is 0 Å². The second-order valence-electron chi connectivity index (χ2n) is 11.0. The van der Waals surface area contributed by atoms with Gasteiger partial charge in [0.2, 0.25) is 0 Å². The first kappa shape index (κ1) is 30.6. The Morgan fingerprint density at radius 1 is 1.00 bits per heavy atom. The zero-order valence-electron chi connectivity index (χ0n) is 24.4. The average Bonchev–Trinajstić information content (AvgIpc) is 3.38. The van der Waals surface area contributed by atoms with Crippen molar-refractivity contribution in [2.45, 2.75) is 32.8 Å². The van der Waals surface area contributed by atoms with Crippen molar-refractivity contribution in [2.24, 2.45) is 0 Å². The number of thiophene rings is 1. The number of pyridine rings is 1. The van der Waals surface area contributed by atoms with Crippen LogP contribution in [0.25, 0.3) is 10.2 Å². The van der Waals surface area contributed by atoms with E-state index in [4.69, 9.17) is 4.74 Å². The molecule has 12 heteroatoms. The smallest absolute Gasteiger partial charge is 0.264 e. The summed E-state index contributed by atoms with van der Waals surface area (Å²) in [5, 5.41) is 18.3. The molecule has 1 saturated heterocycles. The standard InChI is InChI=1S/C32H32FN5O5S/c1-19(35-18-32(2,3)42)27(29(39)36-20-8-5-4-6-9-20)30(40)37-21-10-11-24(22(33)16-21)43-25-12-13-34-23-17-26(44-28(23)25)31(41)38-14-7-15-38/h4-6,8-13,16-17,35,42H,7,14-15,18H2,1-3H3,(H,36,39)(H,37,40)/b27-19+. The number of likely N-dealkylation sites (tertiary alicyclic amines) is 1. The van der Waals surface area contributed by atoms with Crippen molar-refractivity contribution >= 4 is 50.6 Å². The fraction of sp³-hybridized carbons (Fsp3) is 0.250. The first-order valence-corrected chi connectivity index (χ1v) is 14.8. The number of rotatable bonds is 10. The minimum absolute atomic E-state index is 0.0622. The molecule has 3 heterocycles. The summed E-state index contributed by atoms with van der Waals surface area (Å²) < 4.78 is 21.7. The number of carbonyl (C=O) groups is 3. The Bertz CT molecular complexity index is 1750. The molecular formula is C32H32FN5O5S. The van der Waals surface area contributed by atoms with Crippen molar-refractivity contribution in [3.63, 3.8) is 0 Å². The Balaban J connectivity index is 1.34. The number of halogens is 1. The number of carbonyl (C=O) groups excluding carboxylic acids is 3. The molecule has 0 atom stereocenters. The molecule has 0 unspecified atom stereocenters. The molecule has 1 aliphatic rings. The summed E-state index contributed by atoms with van der Waals surface area (Å²) in [6.45, 7) is 6.25. The van der Waals surface area contributed by atoms with Crippen molar-refractivity contribution in [1.29, 1.82) is 0 Å². The van der Waals surface area contributed by atoms with E-state index in [1.54, 1.807) is 68.1 Å². The van der Waals surface area contributed by atoms with E-state index in [9.17, 15) is 19.5 Å². The van der Waals surface area contributed by atoms with Gasteiger partial charge in [-0.1, -0.05) is 18.2 Å². The summed E-state index contributed by atoms with van der Waals surface area (Å²) in [4.78, 5) is 45.8. The maximum Gasteiger partial charge on any atom is 0.264 e. The number of aromatic nitrogens is 1. The highest BCUT2D eigenvalue weighted by Crippen LogP contribution is 2.37. The molecule has 0 radical (unpaired) electrons. The predicted octanol–water partition coefficient (Wildman–Crippen LogP) is 5.29. The van der Waals surface area contributed by atoms with Gasteiger partial charge in [0, 0.05) is 55.0 Å². The van der Waals surface area contributed by atoms with Gasteiger partial charge < -0.3 is 30.7 Å². The fourth-order valence-corrected chi connectivity index (χ4v) is 5.38. The van der Waals surface area contributed by atoms with Crippen molar-refractivity contribution in [1.82, 2.24) is 15.2 Å². The van der Waals surface area contributed by atoms with E-state index in [1.807, 2.05) is 0 Å². The Kier molecular flexibility index (Phi) is 8.93. The van der Waals surface area contributed by atoms with Crippen molar-refractivity contribution in [2.75, 3.05) is 30.3 Å². The Hall–Kier alpha value is -4.81. The lowest BCUT2D eigenvalue weighted by Crippen LogP contribution is -2.41. The van der Waals surface area contributed by atoms with Crippen LogP contribution in [0.15, 0.2) is 78.1 Å². The molecule has 1 aliphatic heterocycles. The Morgan fingerprint density at radius 3 is 2.34 bits per heavy atom.